The van der Waals surface area contributed by atoms with Crippen molar-refractivity contribution in [2.45, 2.75) is 6.61 Å². The first-order valence-electron chi connectivity index (χ1n) is 9.42. The topological polar surface area (TPSA) is 67.4 Å². The summed E-state index contributed by atoms with van der Waals surface area (Å²) in [5.41, 5.74) is 2.73. The Bertz CT molecular complexity index is 1060. The van der Waals surface area contributed by atoms with Gasteiger partial charge >= 0.3 is 6.61 Å². The van der Waals surface area contributed by atoms with Gasteiger partial charge in [0.25, 0.3) is 11.8 Å². The number of benzene rings is 3. The van der Waals surface area contributed by atoms with Crippen molar-refractivity contribution in [1.29, 1.82) is 0 Å². The second-order valence-corrected chi connectivity index (χ2v) is 6.48. The van der Waals surface area contributed by atoms with Crippen LogP contribution < -0.4 is 15.4 Å². The standard InChI is InChI=1S/C24H20F2N2O3/c1-27-22(29)18-9-11-19(12-10-18)28-23(30)21(17-5-3-2-4-6-17)15-16-7-13-20(14-8-16)31-24(25)26/h2-15,24H,1H3,(H,27,29)(H,28,30). The zero-order valence-electron chi connectivity index (χ0n) is 16.6. The maximum absolute atomic E-state index is 13.0. The zero-order valence-corrected chi connectivity index (χ0v) is 16.6. The third-order valence-corrected chi connectivity index (χ3v) is 4.38. The second kappa shape index (κ2) is 10.2. The van der Waals surface area contributed by atoms with E-state index in [4.69, 9.17) is 0 Å². The smallest absolute Gasteiger partial charge is 0.387 e. The zero-order chi connectivity index (χ0) is 22.2. The molecule has 0 atom stereocenters. The minimum atomic E-state index is -2.90. The molecule has 0 saturated carbocycles. The monoisotopic (exact) mass is 422 g/mol. The maximum atomic E-state index is 13.0. The summed E-state index contributed by atoms with van der Waals surface area (Å²) >= 11 is 0. The summed E-state index contributed by atoms with van der Waals surface area (Å²) < 4.78 is 29.0. The predicted octanol–water partition coefficient (Wildman–Crippen LogP) is 4.83. The van der Waals surface area contributed by atoms with Crippen LogP contribution in [0.1, 0.15) is 21.5 Å². The molecule has 0 aliphatic rings. The summed E-state index contributed by atoms with van der Waals surface area (Å²) in [5, 5.41) is 5.36. The van der Waals surface area contributed by atoms with Crippen molar-refractivity contribution in [3.63, 3.8) is 0 Å². The third-order valence-electron chi connectivity index (χ3n) is 4.38. The number of hydrogen-bond acceptors (Lipinski definition) is 3. The number of anilines is 1. The van der Waals surface area contributed by atoms with E-state index in [2.05, 4.69) is 15.4 Å². The van der Waals surface area contributed by atoms with Crippen molar-refractivity contribution >= 4 is 29.2 Å². The van der Waals surface area contributed by atoms with Gasteiger partial charge in [0.15, 0.2) is 0 Å². The van der Waals surface area contributed by atoms with Gasteiger partial charge in [0.05, 0.1) is 0 Å². The van der Waals surface area contributed by atoms with Crippen molar-refractivity contribution in [2.24, 2.45) is 0 Å². The quantitative estimate of drug-likeness (QED) is 0.424. The first-order chi connectivity index (χ1) is 15.0. The Balaban J connectivity index is 1.86. The molecule has 0 saturated heterocycles. The van der Waals surface area contributed by atoms with E-state index in [0.717, 1.165) is 0 Å². The number of nitrogens with one attached hydrogen (secondary N) is 2. The molecular formula is C24H20F2N2O3. The molecule has 31 heavy (non-hydrogen) atoms. The van der Waals surface area contributed by atoms with E-state index in [1.54, 1.807) is 61.7 Å². The lowest BCUT2D eigenvalue weighted by atomic mass is 10.0. The van der Waals surface area contributed by atoms with Gasteiger partial charge in [0.1, 0.15) is 5.75 Å². The Hall–Kier alpha value is -4.00. The summed E-state index contributed by atoms with van der Waals surface area (Å²) in [6.45, 7) is -2.90. The molecule has 0 unspecified atom stereocenters. The average Bonchev–Trinajstić information content (AvgIpc) is 2.78. The molecule has 3 aromatic carbocycles. The van der Waals surface area contributed by atoms with Crippen LogP contribution in [-0.2, 0) is 4.79 Å². The molecule has 158 valence electrons. The van der Waals surface area contributed by atoms with Crippen molar-refractivity contribution in [3.05, 3.63) is 95.6 Å². The number of halogens is 2. The fourth-order valence-corrected chi connectivity index (χ4v) is 2.86. The van der Waals surface area contributed by atoms with Gasteiger partial charge in [-0.3, -0.25) is 9.59 Å². The van der Waals surface area contributed by atoms with Crippen LogP contribution in [0.15, 0.2) is 78.9 Å². The van der Waals surface area contributed by atoms with Gasteiger partial charge < -0.3 is 15.4 Å². The van der Waals surface area contributed by atoms with Gasteiger partial charge in [-0.15, -0.1) is 0 Å². The largest absolute Gasteiger partial charge is 0.435 e. The minimum Gasteiger partial charge on any atom is -0.435 e. The molecule has 3 aromatic rings. The summed E-state index contributed by atoms with van der Waals surface area (Å²) in [6.07, 6.45) is 1.66. The first kappa shape index (κ1) is 21.7. The summed E-state index contributed by atoms with van der Waals surface area (Å²) in [6, 6.07) is 21.6. The normalized spacial score (nSPS) is 11.2. The summed E-state index contributed by atoms with van der Waals surface area (Å²) in [7, 11) is 1.54. The van der Waals surface area contributed by atoms with Crippen LogP contribution in [0.3, 0.4) is 0 Å². The van der Waals surface area contributed by atoms with Gasteiger partial charge in [-0.2, -0.15) is 8.78 Å². The van der Waals surface area contributed by atoms with Crippen LogP contribution in [0.5, 0.6) is 5.75 Å². The molecular weight excluding hydrogens is 402 g/mol. The van der Waals surface area contributed by atoms with Crippen LogP contribution in [0.2, 0.25) is 0 Å². The van der Waals surface area contributed by atoms with E-state index in [1.165, 1.54) is 12.1 Å². The third kappa shape index (κ3) is 5.99. The minimum absolute atomic E-state index is 0.0362. The number of amides is 2. The van der Waals surface area contributed by atoms with Crippen molar-refractivity contribution < 1.29 is 23.1 Å². The fraction of sp³-hybridized carbons (Fsp3) is 0.0833. The Morgan fingerprint density at radius 3 is 2.10 bits per heavy atom. The molecule has 0 fully saturated rings. The molecule has 0 radical (unpaired) electrons. The van der Waals surface area contributed by atoms with E-state index in [-0.39, 0.29) is 17.6 Å². The number of carbonyl (C=O) groups excluding carboxylic acids is 2. The Morgan fingerprint density at radius 2 is 1.52 bits per heavy atom. The van der Waals surface area contributed by atoms with E-state index < -0.39 is 6.61 Å². The fourth-order valence-electron chi connectivity index (χ4n) is 2.86. The van der Waals surface area contributed by atoms with E-state index >= 15 is 0 Å². The molecule has 0 aliphatic carbocycles. The van der Waals surface area contributed by atoms with Crippen molar-refractivity contribution in [3.8, 4) is 5.75 Å². The Kier molecular flexibility index (Phi) is 7.11. The molecule has 2 amide bonds. The molecule has 3 rings (SSSR count). The molecule has 7 heteroatoms. The Morgan fingerprint density at radius 1 is 0.871 bits per heavy atom. The van der Waals surface area contributed by atoms with E-state index in [1.807, 2.05) is 18.2 Å². The van der Waals surface area contributed by atoms with Crippen LogP contribution >= 0.6 is 0 Å². The molecule has 0 aliphatic heterocycles. The van der Waals surface area contributed by atoms with Gasteiger partial charge in [0, 0.05) is 23.9 Å². The van der Waals surface area contributed by atoms with E-state index in [9.17, 15) is 18.4 Å². The molecule has 0 aromatic heterocycles. The average molecular weight is 422 g/mol. The molecule has 5 nitrogen and oxygen atoms in total. The van der Waals surface area contributed by atoms with Crippen LogP contribution in [0, 0.1) is 0 Å². The lowest BCUT2D eigenvalue weighted by Gasteiger charge is -2.11. The number of hydrogen-bond donors (Lipinski definition) is 2. The highest BCUT2D eigenvalue weighted by atomic mass is 19.3. The highest BCUT2D eigenvalue weighted by Gasteiger charge is 2.13. The van der Waals surface area contributed by atoms with E-state index in [0.29, 0.717) is 28.0 Å². The molecule has 0 heterocycles. The number of ether oxygens (including phenoxy) is 1. The molecule has 0 bridgehead atoms. The van der Waals surface area contributed by atoms with Gasteiger partial charge in [-0.05, 0) is 53.6 Å². The molecule has 0 spiro atoms. The van der Waals surface area contributed by atoms with Crippen LogP contribution in [0.25, 0.3) is 11.6 Å². The van der Waals surface area contributed by atoms with Crippen LogP contribution in [0.4, 0.5) is 14.5 Å². The van der Waals surface area contributed by atoms with Gasteiger partial charge in [-0.25, -0.2) is 0 Å². The number of carbonyl (C=O) groups is 2. The number of rotatable bonds is 7. The number of alkyl halides is 2. The molecule has 2 N–H and O–H groups in total. The first-order valence-corrected chi connectivity index (χ1v) is 9.42. The lowest BCUT2D eigenvalue weighted by Crippen LogP contribution is -2.18. The summed E-state index contributed by atoms with van der Waals surface area (Å²) in [5.74, 6) is -0.539. The van der Waals surface area contributed by atoms with Crippen LogP contribution in [-0.4, -0.2) is 25.5 Å². The second-order valence-electron chi connectivity index (χ2n) is 6.48. The van der Waals surface area contributed by atoms with Crippen molar-refractivity contribution in [1.82, 2.24) is 5.32 Å². The predicted molar refractivity (Wildman–Crippen MR) is 116 cm³/mol. The highest BCUT2D eigenvalue weighted by Crippen LogP contribution is 2.23. The lowest BCUT2D eigenvalue weighted by molar-refractivity contribution is -0.111. The van der Waals surface area contributed by atoms with Crippen molar-refractivity contribution in [2.75, 3.05) is 12.4 Å². The SMILES string of the molecule is CNC(=O)c1ccc(NC(=O)C(=Cc2ccc(OC(F)F)cc2)c2ccccc2)cc1. The highest BCUT2D eigenvalue weighted by molar-refractivity contribution is 6.29. The maximum Gasteiger partial charge on any atom is 0.387 e. The summed E-state index contributed by atoms with van der Waals surface area (Å²) in [4.78, 5) is 24.7. The van der Waals surface area contributed by atoms with Gasteiger partial charge in [0.2, 0.25) is 0 Å². The van der Waals surface area contributed by atoms with Gasteiger partial charge in [-0.1, -0.05) is 42.5 Å². The Labute approximate surface area is 178 Å².